The van der Waals surface area contributed by atoms with Crippen molar-refractivity contribution in [1.82, 2.24) is 9.97 Å². The molecule has 1 aromatic heterocycles. The molecule has 0 aliphatic carbocycles. The summed E-state index contributed by atoms with van der Waals surface area (Å²) in [5.41, 5.74) is 2.85. The molecule has 3 N–H and O–H groups in total. The summed E-state index contributed by atoms with van der Waals surface area (Å²) >= 11 is 5.89. The first-order valence-corrected chi connectivity index (χ1v) is 15.4. The number of aromatic nitrogens is 2. The summed E-state index contributed by atoms with van der Waals surface area (Å²) in [6.07, 6.45) is 1.80. The minimum atomic E-state index is -0.668. The van der Waals surface area contributed by atoms with Gasteiger partial charge in [-0.3, -0.25) is 9.69 Å². The number of hydrogen-bond donors (Lipinski definition) is 3. The van der Waals surface area contributed by atoms with E-state index in [1.807, 2.05) is 31.2 Å². The van der Waals surface area contributed by atoms with Gasteiger partial charge in [-0.2, -0.15) is 0 Å². The number of amides is 2. The number of fused-ring (bicyclic) bond motifs is 1. The molecule has 2 amide bonds. The van der Waals surface area contributed by atoms with Gasteiger partial charge in [-0.1, -0.05) is 19.1 Å². The Labute approximate surface area is 273 Å². The maximum absolute atomic E-state index is 12.7. The van der Waals surface area contributed by atoms with Crippen molar-refractivity contribution < 1.29 is 23.8 Å². The van der Waals surface area contributed by atoms with E-state index in [1.165, 1.54) is 11.1 Å². The third-order valence-electron chi connectivity index (χ3n) is 6.67. The number of carbonyl (C=O) groups excluding carboxylic acids is 2. The number of nitrogens with zero attached hydrogens (tertiary/aromatic N) is 3. The van der Waals surface area contributed by atoms with E-state index in [2.05, 4.69) is 10.6 Å². The van der Waals surface area contributed by atoms with Crippen LogP contribution in [0.1, 0.15) is 46.1 Å². The first-order chi connectivity index (χ1) is 22.0. The van der Waals surface area contributed by atoms with Crippen LogP contribution in [0.15, 0.2) is 54.6 Å². The van der Waals surface area contributed by atoms with Crippen molar-refractivity contribution in [1.29, 1.82) is 5.41 Å². The fourth-order valence-corrected chi connectivity index (χ4v) is 4.66. The second kappa shape index (κ2) is 14.9. The molecule has 12 heteroatoms. The van der Waals surface area contributed by atoms with E-state index in [0.29, 0.717) is 74.5 Å². The van der Waals surface area contributed by atoms with Gasteiger partial charge >= 0.3 is 6.09 Å². The molecular formula is C34H39ClN6O5. The van der Waals surface area contributed by atoms with E-state index in [1.54, 1.807) is 65.3 Å². The Morgan fingerprint density at radius 1 is 1.04 bits per heavy atom. The lowest BCUT2D eigenvalue weighted by molar-refractivity contribution is -0.116. The maximum atomic E-state index is 12.7. The van der Waals surface area contributed by atoms with Gasteiger partial charge in [0.2, 0.25) is 5.91 Å². The van der Waals surface area contributed by atoms with Gasteiger partial charge in [-0.05, 0) is 63.6 Å². The molecule has 3 aromatic carbocycles. The van der Waals surface area contributed by atoms with Crippen molar-refractivity contribution in [2.75, 3.05) is 42.2 Å². The molecule has 46 heavy (non-hydrogen) atoms. The zero-order valence-corrected chi connectivity index (χ0v) is 27.6. The minimum Gasteiger partial charge on any atom is -0.493 e. The predicted octanol–water partition coefficient (Wildman–Crippen LogP) is 7.77. The lowest BCUT2D eigenvalue weighted by atomic mass is 10.1. The van der Waals surface area contributed by atoms with Crippen LogP contribution in [0, 0.1) is 5.41 Å². The molecule has 1 heterocycles. The van der Waals surface area contributed by atoms with Gasteiger partial charge in [0.15, 0.2) is 17.3 Å². The third kappa shape index (κ3) is 8.42. The first kappa shape index (κ1) is 34.0. The second-order valence-corrected chi connectivity index (χ2v) is 11.8. The Bertz CT molecular complexity index is 1740. The zero-order valence-electron chi connectivity index (χ0n) is 26.9. The van der Waals surface area contributed by atoms with Crippen LogP contribution in [-0.2, 0) is 9.53 Å². The highest BCUT2D eigenvalue weighted by Gasteiger charge is 2.22. The highest BCUT2D eigenvalue weighted by molar-refractivity contribution is 6.18. The summed E-state index contributed by atoms with van der Waals surface area (Å²) in [6.45, 7) is 7.61. The van der Waals surface area contributed by atoms with Crippen LogP contribution in [0.4, 0.5) is 27.7 Å². The van der Waals surface area contributed by atoms with Crippen molar-refractivity contribution >= 4 is 63.6 Å². The molecule has 0 atom stereocenters. The fourth-order valence-electron chi connectivity index (χ4n) is 4.59. The van der Waals surface area contributed by atoms with Gasteiger partial charge in [0.05, 0.1) is 24.2 Å². The highest BCUT2D eigenvalue weighted by Crippen LogP contribution is 2.37. The normalized spacial score (nSPS) is 11.1. The van der Waals surface area contributed by atoms with Gasteiger partial charge in [-0.25, -0.2) is 14.8 Å². The number of carbonyl (C=O) groups is 2. The van der Waals surface area contributed by atoms with Crippen molar-refractivity contribution in [2.24, 2.45) is 0 Å². The van der Waals surface area contributed by atoms with Crippen molar-refractivity contribution in [3.63, 3.8) is 0 Å². The lowest BCUT2D eigenvalue weighted by Gasteiger charge is -2.25. The van der Waals surface area contributed by atoms with E-state index >= 15 is 0 Å². The molecule has 0 saturated carbocycles. The van der Waals surface area contributed by atoms with Crippen LogP contribution in [0.3, 0.4) is 0 Å². The van der Waals surface area contributed by atoms with Crippen molar-refractivity contribution in [3.8, 4) is 22.9 Å². The molecular weight excluding hydrogens is 608 g/mol. The van der Waals surface area contributed by atoms with E-state index in [9.17, 15) is 9.59 Å². The van der Waals surface area contributed by atoms with Gasteiger partial charge in [0.25, 0.3) is 0 Å². The van der Waals surface area contributed by atoms with E-state index < -0.39 is 11.7 Å². The number of ether oxygens (including phenoxy) is 3. The molecule has 0 bridgehead atoms. The smallest absolute Gasteiger partial charge is 0.414 e. The van der Waals surface area contributed by atoms with Gasteiger partial charge < -0.3 is 30.3 Å². The first-order valence-electron chi connectivity index (χ1n) is 14.8. The van der Waals surface area contributed by atoms with Crippen LogP contribution < -0.4 is 25.0 Å². The monoisotopic (exact) mass is 646 g/mol. The lowest BCUT2D eigenvalue weighted by Crippen LogP contribution is -2.34. The summed E-state index contributed by atoms with van der Waals surface area (Å²) in [5.74, 6) is 2.05. The van der Waals surface area contributed by atoms with Crippen LogP contribution in [-0.4, -0.2) is 60.4 Å². The Kier molecular flexibility index (Phi) is 11.0. The molecule has 0 unspecified atom stereocenters. The number of anilines is 4. The van der Waals surface area contributed by atoms with E-state index in [-0.39, 0.29) is 12.5 Å². The number of benzene rings is 3. The molecule has 4 aromatic rings. The summed E-state index contributed by atoms with van der Waals surface area (Å²) in [7, 11) is 3.15. The number of hydrogen-bond acceptors (Lipinski definition) is 9. The number of methoxy groups -OCH3 is 1. The Balaban J connectivity index is 1.80. The van der Waals surface area contributed by atoms with E-state index in [4.69, 9.17) is 41.2 Å². The van der Waals surface area contributed by atoms with Crippen molar-refractivity contribution in [2.45, 2.75) is 46.1 Å². The molecule has 0 aliphatic rings. The average Bonchev–Trinajstić information content (AvgIpc) is 3.02. The fraction of sp³-hybridized carbons (Fsp3) is 0.324. The summed E-state index contributed by atoms with van der Waals surface area (Å²) < 4.78 is 17.0. The average molecular weight is 647 g/mol. The number of rotatable bonds is 12. The standard InChI is InChI=1S/C34H39ClN6O5/c1-7-9-30(42)37-23-11-8-10-21(16-23)31-39-26-19-28(44-6)29(45-15-14-35)18-25(26)32(40-31)38-24-12-13-27(22(17-24)20-36)41(5)33(43)46-34(2,3)4/h8,10-13,16-20,36H,7,9,14-15H2,1-6H3,(H,37,42)(H,38,39,40). The Morgan fingerprint density at radius 2 is 1.83 bits per heavy atom. The molecule has 242 valence electrons. The second-order valence-electron chi connectivity index (χ2n) is 11.4. The van der Waals surface area contributed by atoms with Gasteiger partial charge in [0, 0.05) is 53.6 Å². The van der Waals surface area contributed by atoms with Gasteiger partial charge in [0.1, 0.15) is 18.0 Å². The number of nitrogens with one attached hydrogen (secondary N) is 3. The van der Waals surface area contributed by atoms with Crippen LogP contribution >= 0.6 is 11.6 Å². The molecule has 0 fully saturated rings. The summed E-state index contributed by atoms with van der Waals surface area (Å²) in [6, 6.07) is 16.2. The number of alkyl halides is 1. The van der Waals surface area contributed by atoms with Gasteiger partial charge in [-0.15, -0.1) is 11.6 Å². The molecule has 0 radical (unpaired) electrons. The molecule has 0 saturated heterocycles. The molecule has 11 nitrogen and oxygen atoms in total. The van der Waals surface area contributed by atoms with Crippen LogP contribution in [0.2, 0.25) is 0 Å². The molecule has 4 rings (SSSR count). The van der Waals surface area contributed by atoms with Crippen LogP contribution in [0.25, 0.3) is 22.3 Å². The third-order valence-corrected chi connectivity index (χ3v) is 6.83. The Morgan fingerprint density at radius 3 is 2.50 bits per heavy atom. The van der Waals surface area contributed by atoms with E-state index in [0.717, 1.165) is 6.42 Å². The summed E-state index contributed by atoms with van der Waals surface area (Å²) in [5, 5.41) is 15.0. The number of halogens is 1. The minimum absolute atomic E-state index is 0.0709. The van der Waals surface area contributed by atoms with Crippen molar-refractivity contribution in [3.05, 3.63) is 60.2 Å². The Hall–Kier alpha value is -4.90. The molecule has 0 spiro atoms. The zero-order chi connectivity index (χ0) is 33.4. The predicted molar refractivity (Wildman–Crippen MR) is 184 cm³/mol. The maximum Gasteiger partial charge on any atom is 0.414 e. The molecule has 0 aliphatic heterocycles. The quantitative estimate of drug-likeness (QED) is 0.105. The SMILES string of the molecule is CCCC(=O)Nc1cccc(-c2nc(Nc3ccc(N(C)C(=O)OC(C)(C)C)c(C=N)c3)c3cc(OCCCl)c(OC)cc3n2)c1. The van der Waals surface area contributed by atoms with Crippen LogP contribution in [0.5, 0.6) is 11.5 Å². The topological polar surface area (TPSA) is 139 Å². The largest absolute Gasteiger partial charge is 0.493 e. The summed E-state index contributed by atoms with van der Waals surface area (Å²) in [4.78, 5) is 36.1. The highest BCUT2D eigenvalue weighted by atomic mass is 35.5.